The van der Waals surface area contributed by atoms with E-state index in [0.717, 1.165) is 23.4 Å². The predicted molar refractivity (Wildman–Crippen MR) is 105 cm³/mol. The van der Waals surface area contributed by atoms with Crippen LogP contribution in [0.5, 0.6) is 5.75 Å². The number of thiophene rings is 1. The van der Waals surface area contributed by atoms with Gasteiger partial charge in [0.15, 0.2) is 6.10 Å². The maximum absolute atomic E-state index is 12.6. The number of amides is 1. The number of nitrogens with zero attached hydrogens (tertiary/aromatic N) is 3. The van der Waals surface area contributed by atoms with E-state index >= 15 is 0 Å². The van der Waals surface area contributed by atoms with E-state index < -0.39 is 6.10 Å². The molecule has 1 fully saturated rings. The molecule has 136 valence electrons. The summed E-state index contributed by atoms with van der Waals surface area (Å²) in [6.45, 7) is 5.86. The number of benzene rings is 1. The van der Waals surface area contributed by atoms with Gasteiger partial charge in [-0.2, -0.15) is 5.26 Å². The number of carbonyl (C=O) groups excluding carboxylic acids is 1. The van der Waals surface area contributed by atoms with Gasteiger partial charge < -0.3 is 9.64 Å². The van der Waals surface area contributed by atoms with Crippen molar-refractivity contribution in [3.8, 4) is 11.8 Å². The number of piperazine rings is 1. The third kappa shape index (κ3) is 4.85. The molecule has 1 atom stereocenters. The zero-order chi connectivity index (χ0) is 18.5. The zero-order valence-electron chi connectivity index (χ0n) is 14.5. The average Bonchev–Trinajstić information content (AvgIpc) is 3.07. The van der Waals surface area contributed by atoms with Crippen molar-refractivity contribution in [3.63, 3.8) is 0 Å². The lowest BCUT2D eigenvalue weighted by Gasteiger charge is -2.35. The molecule has 7 heteroatoms. The first kappa shape index (κ1) is 18.9. The highest BCUT2D eigenvalue weighted by atomic mass is 79.9. The molecular formula is C19H20BrN3O2S. The molecule has 0 spiro atoms. The van der Waals surface area contributed by atoms with Gasteiger partial charge in [-0.25, -0.2) is 0 Å². The molecule has 1 saturated heterocycles. The van der Waals surface area contributed by atoms with E-state index in [1.54, 1.807) is 42.5 Å². The molecule has 2 aromatic rings. The molecule has 1 aliphatic rings. The molecular weight excluding hydrogens is 414 g/mol. The molecule has 1 aromatic carbocycles. The van der Waals surface area contributed by atoms with Gasteiger partial charge in [-0.3, -0.25) is 9.69 Å². The first-order chi connectivity index (χ1) is 12.5. The highest BCUT2D eigenvalue weighted by Crippen LogP contribution is 2.23. The molecule has 0 aliphatic carbocycles. The fraction of sp³-hybridized carbons (Fsp3) is 0.368. The van der Waals surface area contributed by atoms with Gasteiger partial charge in [0, 0.05) is 37.6 Å². The van der Waals surface area contributed by atoms with Crippen molar-refractivity contribution in [2.24, 2.45) is 0 Å². The zero-order valence-corrected chi connectivity index (χ0v) is 16.9. The number of nitriles is 1. The van der Waals surface area contributed by atoms with Crippen LogP contribution in [0.2, 0.25) is 0 Å². The molecule has 5 nitrogen and oxygen atoms in total. The van der Waals surface area contributed by atoms with Gasteiger partial charge >= 0.3 is 0 Å². The highest BCUT2D eigenvalue weighted by molar-refractivity contribution is 9.11. The SMILES string of the molecule is CC(Oc1ccc(C#N)cc1)C(=O)N1CCN(Cc2ccc(Br)s2)CC1. The van der Waals surface area contributed by atoms with Crippen LogP contribution in [0.4, 0.5) is 0 Å². The van der Waals surface area contributed by atoms with Crippen molar-refractivity contribution in [3.05, 3.63) is 50.6 Å². The number of hydrogen-bond donors (Lipinski definition) is 0. The van der Waals surface area contributed by atoms with E-state index in [2.05, 4.69) is 39.0 Å². The van der Waals surface area contributed by atoms with Crippen LogP contribution in [0.1, 0.15) is 17.4 Å². The Labute approximate surface area is 165 Å². The second-order valence-electron chi connectivity index (χ2n) is 6.20. The van der Waals surface area contributed by atoms with Crippen LogP contribution in [0.3, 0.4) is 0 Å². The van der Waals surface area contributed by atoms with Crippen LogP contribution in [0.15, 0.2) is 40.2 Å². The number of carbonyl (C=O) groups is 1. The molecule has 1 unspecified atom stereocenters. The molecule has 26 heavy (non-hydrogen) atoms. The van der Waals surface area contributed by atoms with Gasteiger partial charge in [0.1, 0.15) is 5.75 Å². The number of halogens is 1. The van der Waals surface area contributed by atoms with E-state index in [9.17, 15) is 4.79 Å². The third-order valence-corrected chi connectivity index (χ3v) is 5.94. The van der Waals surface area contributed by atoms with Gasteiger partial charge in [0.2, 0.25) is 0 Å². The smallest absolute Gasteiger partial charge is 0.263 e. The minimum absolute atomic E-state index is 0.00729. The van der Waals surface area contributed by atoms with Crippen molar-refractivity contribution in [2.75, 3.05) is 26.2 Å². The summed E-state index contributed by atoms with van der Waals surface area (Å²) < 4.78 is 6.88. The van der Waals surface area contributed by atoms with Crippen LogP contribution in [0, 0.1) is 11.3 Å². The average molecular weight is 434 g/mol. The Morgan fingerprint density at radius 1 is 1.23 bits per heavy atom. The molecule has 0 radical (unpaired) electrons. The van der Waals surface area contributed by atoms with E-state index in [4.69, 9.17) is 10.00 Å². The van der Waals surface area contributed by atoms with Gasteiger partial charge in [-0.15, -0.1) is 11.3 Å². The lowest BCUT2D eigenvalue weighted by atomic mass is 10.2. The molecule has 3 rings (SSSR count). The largest absolute Gasteiger partial charge is 0.481 e. The van der Waals surface area contributed by atoms with Crippen molar-refractivity contribution < 1.29 is 9.53 Å². The van der Waals surface area contributed by atoms with Crippen LogP contribution < -0.4 is 4.74 Å². The van der Waals surface area contributed by atoms with E-state index in [0.29, 0.717) is 24.4 Å². The summed E-state index contributed by atoms with van der Waals surface area (Å²) in [6.07, 6.45) is -0.539. The maximum atomic E-state index is 12.6. The molecule has 1 aliphatic heterocycles. The first-order valence-electron chi connectivity index (χ1n) is 8.47. The molecule has 1 aromatic heterocycles. The standard InChI is InChI=1S/C19H20BrN3O2S/c1-14(25-16-4-2-15(12-21)3-5-16)19(24)23-10-8-22(9-11-23)13-17-6-7-18(20)26-17/h2-7,14H,8-11,13H2,1H3. The minimum atomic E-state index is -0.539. The molecule has 1 amide bonds. The van der Waals surface area contributed by atoms with Crippen molar-refractivity contribution in [1.29, 1.82) is 5.26 Å². The van der Waals surface area contributed by atoms with Gasteiger partial charge in [0.25, 0.3) is 5.91 Å². The number of hydrogen-bond acceptors (Lipinski definition) is 5. The van der Waals surface area contributed by atoms with E-state index in [1.165, 1.54) is 4.88 Å². The second kappa shape index (κ2) is 8.67. The first-order valence-corrected chi connectivity index (χ1v) is 10.1. The van der Waals surface area contributed by atoms with E-state index in [-0.39, 0.29) is 5.91 Å². The predicted octanol–water partition coefficient (Wildman–Crippen LogP) is 3.49. The quantitative estimate of drug-likeness (QED) is 0.723. The Kier molecular flexibility index (Phi) is 6.30. The lowest BCUT2D eigenvalue weighted by molar-refractivity contribution is -0.139. The summed E-state index contributed by atoms with van der Waals surface area (Å²) in [4.78, 5) is 18.2. The Morgan fingerprint density at radius 2 is 1.92 bits per heavy atom. The van der Waals surface area contributed by atoms with Crippen LogP contribution in [-0.4, -0.2) is 48.0 Å². The summed E-state index contributed by atoms with van der Waals surface area (Å²) in [5.74, 6) is 0.611. The Hall–Kier alpha value is -1.88. The Bertz CT molecular complexity index is 792. The topological polar surface area (TPSA) is 56.6 Å². The summed E-state index contributed by atoms with van der Waals surface area (Å²) in [6, 6.07) is 13.1. The molecule has 0 saturated carbocycles. The molecule has 0 bridgehead atoms. The molecule has 2 heterocycles. The number of ether oxygens (including phenoxy) is 1. The summed E-state index contributed by atoms with van der Waals surface area (Å²) in [5, 5.41) is 8.83. The van der Waals surface area contributed by atoms with Gasteiger partial charge in [-0.1, -0.05) is 0 Å². The minimum Gasteiger partial charge on any atom is -0.481 e. The van der Waals surface area contributed by atoms with Crippen molar-refractivity contribution in [1.82, 2.24) is 9.80 Å². The summed E-state index contributed by atoms with van der Waals surface area (Å²) >= 11 is 5.25. The van der Waals surface area contributed by atoms with Gasteiger partial charge in [0.05, 0.1) is 15.4 Å². The molecule has 0 N–H and O–H groups in total. The van der Waals surface area contributed by atoms with Crippen LogP contribution >= 0.6 is 27.3 Å². The van der Waals surface area contributed by atoms with Crippen LogP contribution in [-0.2, 0) is 11.3 Å². The fourth-order valence-electron chi connectivity index (χ4n) is 2.90. The maximum Gasteiger partial charge on any atom is 0.263 e. The van der Waals surface area contributed by atoms with Crippen molar-refractivity contribution >= 4 is 33.2 Å². The highest BCUT2D eigenvalue weighted by Gasteiger charge is 2.26. The van der Waals surface area contributed by atoms with Crippen LogP contribution in [0.25, 0.3) is 0 Å². The van der Waals surface area contributed by atoms with Crippen molar-refractivity contribution in [2.45, 2.75) is 19.6 Å². The number of rotatable bonds is 5. The summed E-state index contributed by atoms with van der Waals surface area (Å²) in [7, 11) is 0. The monoisotopic (exact) mass is 433 g/mol. The van der Waals surface area contributed by atoms with Gasteiger partial charge in [-0.05, 0) is 59.3 Å². The normalized spacial score (nSPS) is 16.1. The van der Waals surface area contributed by atoms with E-state index in [1.807, 2.05) is 4.90 Å². The summed E-state index contributed by atoms with van der Waals surface area (Å²) in [5.41, 5.74) is 0.574. The second-order valence-corrected chi connectivity index (χ2v) is 8.75. The Morgan fingerprint density at radius 3 is 2.50 bits per heavy atom. The lowest BCUT2D eigenvalue weighted by Crippen LogP contribution is -2.51. The Balaban J connectivity index is 1.48. The fourth-order valence-corrected chi connectivity index (χ4v) is 4.43. The third-order valence-electron chi connectivity index (χ3n) is 4.34.